The van der Waals surface area contributed by atoms with E-state index in [-0.39, 0.29) is 25.0 Å². The number of piperidine rings is 1. The number of carbonyl (C=O) groups is 2. The lowest BCUT2D eigenvalue weighted by molar-refractivity contribution is -0.141. The molecule has 1 aromatic rings. The summed E-state index contributed by atoms with van der Waals surface area (Å²) in [5, 5.41) is 8.85. The minimum Gasteiger partial charge on any atom is -0.483 e. The average Bonchev–Trinajstić information content (AvgIpc) is 2.53. The average molecular weight is 319 g/mol. The summed E-state index contributed by atoms with van der Waals surface area (Å²) in [6.45, 7) is 4.64. The number of carboxylic acids is 1. The van der Waals surface area contributed by atoms with Crippen LogP contribution in [0.15, 0.2) is 18.2 Å². The number of benzene rings is 1. The standard InChI is InChI=1S/C18H25NO4/c1-13-6-7-14(2)16(11-13)23-12-17(20)19-10-4-3-5-15(19)8-9-18(21)22/h6-7,11,15H,3-5,8-10,12H2,1-2H3,(H,21,22). The summed E-state index contributed by atoms with van der Waals surface area (Å²) in [6, 6.07) is 5.94. The normalized spacial score (nSPS) is 17.8. The molecule has 1 saturated heterocycles. The molecule has 1 atom stereocenters. The Balaban J connectivity index is 1.94. The molecule has 1 aromatic carbocycles. The van der Waals surface area contributed by atoms with Crippen LogP contribution in [0.25, 0.3) is 0 Å². The first-order valence-electron chi connectivity index (χ1n) is 8.18. The molecule has 1 unspecified atom stereocenters. The number of nitrogens with zero attached hydrogens (tertiary/aromatic N) is 1. The molecule has 1 fully saturated rings. The Morgan fingerprint density at radius 3 is 2.83 bits per heavy atom. The number of aliphatic carboxylic acids is 1. The van der Waals surface area contributed by atoms with Gasteiger partial charge in [0.25, 0.3) is 5.91 Å². The molecule has 0 spiro atoms. The summed E-state index contributed by atoms with van der Waals surface area (Å²) in [5.41, 5.74) is 2.10. The fourth-order valence-electron chi connectivity index (χ4n) is 3.00. The molecule has 1 heterocycles. The number of amides is 1. The number of rotatable bonds is 6. The molecular formula is C18H25NO4. The summed E-state index contributed by atoms with van der Waals surface area (Å²) in [4.78, 5) is 25.0. The number of ether oxygens (including phenoxy) is 1. The lowest BCUT2D eigenvalue weighted by Gasteiger charge is -2.35. The van der Waals surface area contributed by atoms with Crippen LogP contribution >= 0.6 is 0 Å². The number of hydrogen-bond donors (Lipinski definition) is 1. The lowest BCUT2D eigenvalue weighted by Crippen LogP contribution is -2.46. The van der Waals surface area contributed by atoms with E-state index in [1.54, 1.807) is 4.90 Å². The molecule has 0 aliphatic carbocycles. The van der Waals surface area contributed by atoms with E-state index in [1.165, 1.54) is 0 Å². The van der Waals surface area contributed by atoms with Crippen molar-refractivity contribution in [2.24, 2.45) is 0 Å². The van der Waals surface area contributed by atoms with Crippen LogP contribution in [0.4, 0.5) is 0 Å². The van der Waals surface area contributed by atoms with Crippen molar-refractivity contribution >= 4 is 11.9 Å². The Labute approximate surface area is 137 Å². The van der Waals surface area contributed by atoms with E-state index in [9.17, 15) is 9.59 Å². The van der Waals surface area contributed by atoms with E-state index in [2.05, 4.69) is 0 Å². The van der Waals surface area contributed by atoms with E-state index in [0.29, 0.717) is 13.0 Å². The predicted molar refractivity (Wildman–Crippen MR) is 87.6 cm³/mol. The first-order valence-corrected chi connectivity index (χ1v) is 8.18. The zero-order valence-electron chi connectivity index (χ0n) is 13.9. The van der Waals surface area contributed by atoms with Crippen molar-refractivity contribution in [1.82, 2.24) is 4.90 Å². The summed E-state index contributed by atoms with van der Waals surface area (Å²) in [6.07, 6.45) is 3.52. The van der Waals surface area contributed by atoms with Crippen molar-refractivity contribution in [3.05, 3.63) is 29.3 Å². The van der Waals surface area contributed by atoms with Crippen molar-refractivity contribution < 1.29 is 19.4 Å². The number of likely N-dealkylation sites (tertiary alicyclic amines) is 1. The van der Waals surface area contributed by atoms with Crippen LogP contribution in [0, 0.1) is 13.8 Å². The van der Waals surface area contributed by atoms with Crippen molar-refractivity contribution in [3.8, 4) is 5.75 Å². The fourth-order valence-corrected chi connectivity index (χ4v) is 3.00. The Bertz CT molecular complexity index is 570. The number of aryl methyl sites for hydroxylation is 2. The highest BCUT2D eigenvalue weighted by Crippen LogP contribution is 2.22. The quantitative estimate of drug-likeness (QED) is 0.875. The molecule has 1 aliphatic rings. The monoisotopic (exact) mass is 319 g/mol. The van der Waals surface area contributed by atoms with E-state index in [4.69, 9.17) is 9.84 Å². The summed E-state index contributed by atoms with van der Waals surface area (Å²) in [5.74, 6) is -0.131. The van der Waals surface area contributed by atoms with E-state index in [0.717, 1.165) is 36.1 Å². The first kappa shape index (κ1) is 17.3. The van der Waals surface area contributed by atoms with Gasteiger partial charge >= 0.3 is 5.97 Å². The van der Waals surface area contributed by atoms with Gasteiger partial charge in [-0.3, -0.25) is 9.59 Å². The SMILES string of the molecule is Cc1ccc(C)c(OCC(=O)N2CCCCC2CCC(=O)O)c1. The second kappa shape index (κ2) is 7.99. The van der Waals surface area contributed by atoms with Crippen LogP contribution in [0.3, 0.4) is 0 Å². The molecule has 0 bridgehead atoms. The molecule has 0 saturated carbocycles. The fraction of sp³-hybridized carbons (Fsp3) is 0.556. The van der Waals surface area contributed by atoms with Gasteiger partial charge in [-0.05, 0) is 56.7 Å². The molecule has 126 valence electrons. The van der Waals surface area contributed by atoms with Crippen molar-refractivity contribution in [2.45, 2.75) is 52.0 Å². The van der Waals surface area contributed by atoms with Crippen molar-refractivity contribution in [3.63, 3.8) is 0 Å². The minimum absolute atomic E-state index is 0.00780. The van der Waals surface area contributed by atoms with Gasteiger partial charge in [0.05, 0.1) is 0 Å². The molecule has 1 aliphatic heterocycles. The van der Waals surface area contributed by atoms with Crippen LogP contribution in [0.1, 0.15) is 43.2 Å². The van der Waals surface area contributed by atoms with Crippen LogP contribution in [-0.2, 0) is 9.59 Å². The van der Waals surface area contributed by atoms with Gasteiger partial charge < -0.3 is 14.7 Å². The highest BCUT2D eigenvalue weighted by atomic mass is 16.5. The van der Waals surface area contributed by atoms with Gasteiger partial charge in [-0.2, -0.15) is 0 Å². The van der Waals surface area contributed by atoms with Gasteiger partial charge in [-0.1, -0.05) is 12.1 Å². The van der Waals surface area contributed by atoms with E-state index >= 15 is 0 Å². The van der Waals surface area contributed by atoms with Crippen LogP contribution < -0.4 is 4.74 Å². The third-order valence-electron chi connectivity index (χ3n) is 4.33. The van der Waals surface area contributed by atoms with Gasteiger partial charge in [-0.25, -0.2) is 0 Å². The molecule has 5 heteroatoms. The Hall–Kier alpha value is -2.04. The van der Waals surface area contributed by atoms with Gasteiger partial charge in [0.1, 0.15) is 5.75 Å². The maximum absolute atomic E-state index is 12.5. The minimum atomic E-state index is -0.811. The molecule has 0 radical (unpaired) electrons. The maximum Gasteiger partial charge on any atom is 0.303 e. The highest BCUT2D eigenvalue weighted by molar-refractivity contribution is 5.78. The molecular weight excluding hydrogens is 294 g/mol. The predicted octanol–water partition coefficient (Wildman–Crippen LogP) is 2.93. The lowest BCUT2D eigenvalue weighted by atomic mass is 9.98. The molecule has 5 nitrogen and oxygen atoms in total. The van der Waals surface area contributed by atoms with Crippen molar-refractivity contribution in [2.75, 3.05) is 13.2 Å². The maximum atomic E-state index is 12.5. The van der Waals surface area contributed by atoms with E-state index in [1.807, 2.05) is 32.0 Å². The van der Waals surface area contributed by atoms with Crippen LogP contribution in [-0.4, -0.2) is 41.1 Å². The molecule has 2 rings (SSSR count). The smallest absolute Gasteiger partial charge is 0.303 e. The summed E-state index contributed by atoms with van der Waals surface area (Å²) < 4.78 is 5.70. The van der Waals surface area contributed by atoms with E-state index < -0.39 is 5.97 Å². The Kier molecular flexibility index (Phi) is 6.02. The largest absolute Gasteiger partial charge is 0.483 e. The molecule has 23 heavy (non-hydrogen) atoms. The topological polar surface area (TPSA) is 66.8 Å². The molecule has 0 aromatic heterocycles. The summed E-state index contributed by atoms with van der Waals surface area (Å²) in [7, 11) is 0. The Morgan fingerprint density at radius 2 is 2.09 bits per heavy atom. The van der Waals surface area contributed by atoms with Gasteiger partial charge in [0.15, 0.2) is 6.61 Å². The number of carbonyl (C=O) groups excluding carboxylic acids is 1. The third kappa shape index (κ3) is 4.98. The van der Waals surface area contributed by atoms with Gasteiger partial charge in [0.2, 0.25) is 0 Å². The zero-order chi connectivity index (χ0) is 16.8. The Morgan fingerprint density at radius 1 is 1.30 bits per heavy atom. The van der Waals surface area contributed by atoms with Gasteiger partial charge in [-0.15, -0.1) is 0 Å². The highest BCUT2D eigenvalue weighted by Gasteiger charge is 2.27. The second-order valence-corrected chi connectivity index (χ2v) is 6.23. The second-order valence-electron chi connectivity index (χ2n) is 6.23. The van der Waals surface area contributed by atoms with Crippen LogP contribution in [0.2, 0.25) is 0 Å². The van der Waals surface area contributed by atoms with Crippen LogP contribution in [0.5, 0.6) is 5.75 Å². The molecule has 1 amide bonds. The third-order valence-corrected chi connectivity index (χ3v) is 4.33. The van der Waals surface area contributed by atoms with Gasteiger partial charge in [0, 0.05) is 19.0 Å². The van der Waals surface area contributed by atoms with Crippen molar-refractivity contribution in [1.29, 1.82) is 0 Å². The number of carboxylic acid groups (broad SMARTS) is 1. The first-order chi connectivity index (χ1) is 11.0. The zero-order valence-corrected chi connectivity index (χ0v) is 13.9. The molecule has 1 N–H and O–H groups in total. The summed E-state index contributed by atoms with van der Waals surface area (Å²) >= 11 is 0. The number of hydrogen-bond acceptors (Lipinski definition) is 3.